The van der Waals surface area contributed by atoms with Gasteiger partial charge in [0.1, 0.15) is 11.5 Å². The summed E-state index contributed by atoms with van der Waals surface area (Å²) in [6, 6.07) is 9.82. The quantitative estimate of drug-likeness (QED) is 0.782. The van der Waals surface area contributed by atoms with Crippen molar-refractivity contribution in [2.24, 2.45) is 5.41 Å². The molecule has 2 rings (SSSR count). The zero-order valence-corrected chi connectivity index (χ0v) is 12.6. The Balaban J connectivity index is 2.29. The molecule has 0 aliphatic heterocycles. The predicted octanol–water partition coefficient (Wildman–Crippen LogP) is 2.89. The molecular weight excluding hydrogens is 268 g/mol. The van der Waals surface area contributed by atoms with Crippen molar-refractivity contribution in [3.05, 3.63) is 35.9 Å². The summed E-state index contributed by atoms with van der Waals surface area (Å²) in [4.78, 5) is 23.9. The highest BCUT2D eigenvalue weighted by Gasteiger charge is 2.52. The molecule has 1 aromatic rings. The Labute approximate surface area is 125 Å². The molecule has 1 aliphatic carbocycles. The van der Waals surface area contributed by atoms with Crippen LogP contribution in [0.25, 0.3) is 0 Å². The first kappa shape index (κ1) is 15.5. The number of hydrogen-bond acceptors (Lipinski definition) is 4. The van der Waals surface area contributed by atoms with Gasteiger partial charge in [-0.25, -0.2) is 0 Å². The molecule has 0 heterocycles. The highest BCUT2D eigenvalue weighted by Crippen LogP contribution is 2.44. The number of hydrogen-bond donors (Lipinski definition) is 0. The molecule has 2 unspecified atom stereocenters. The second-order valence-electron chi connectivity index (χ2n) is 5.53. The molecule has 1 saturated carbocycles. The smallest absolute Gasteiger partial charge is 0.316 e. The van der Waals surface area contributed by atoms with E-state index in [-0.39, 0.29) is 11.9 Å². The molecule has 2 atom stereocenters. The van der Waals surface area contributed by atoms with Gasteiger partial charge in [-0.1, -0.05) is 30.3 Å². The number of esters is 2. The van der Waals surface area contributed by atoms with Gasteiger partial charge in [0, 0.05) is 6.92 Å². The van der Waals surface area contributed by atoms with E-state index in [2.05, 4.69) is 0 Å². The highest BCUT2D eigenvalue weighted by atomic mass is 16.6. The lowest BCUT2D eigenvalue weighted by atomic mass is 9.78. The van der Waals surface area contributed by atoms with E-state index in [9.17, 15) is 9.59 Å². The van der Waals surface area contributed by atoms with Gasteiger partial charge in [-0.15, -0.1) is 0 Å². The molecule has 4 heteroatoms. The molecule has 0 radical (unpaired) electrons. The molecule has 0 N–H and O–H groups in total. The van der Waals surface area contributed by atoms with Gasteiger partial charge in [0.15, 0.2) is 0 Å². The summed E-state index contributed by atoms with van der Waals surface area (Å²) in [5.74, 6) is -0.596. The van der Waals surface area contributed by atoms with Gasteiger partial charge in [-0.2, -0.15) is 0 Å². The van der Waals surface area contributed by atoms with Crippen LogP contribution in [0.2, 0.25) is 0 Å². The van der Waals surface area contributed by atoms with Crippen molar-refractivity contribution in [1.82, 2.24) is 0 Å². The van der Waals surface area contributed by atoms with Crippen molar-refractivity contribution >= 4 is 11.9 Å². The summed E-state index contributed by atoms with van der Waals surface area (Å²) in [5, 5.41) is 0. The third kappa shape index (κ3) is 3.43. The van der Waals surface area contributed by atoms with Gasteiger partial charge >= 0.3 is 11.9 Å². The Morgan fingerprint density at radius 2 is 2.00 bits per heavy atom. The van der Waals surface area contributed by atoms with Crippen LogP contribution in [-0.2, 0) is 25.5 Å². The first-order valence-corrected chi connectivity index (χ1v) is 7.47. The topological polar surface area (TPSA) is 52.6 Å². The first-order valence-electron chi connectivity index (χ1n) is 7.47. The number of ether oxygens (including phenoxy) is 2. The minimum absolute atomic E-state index is 0.252. The number of benzene rings is 1. The van der Waals surface area contributed by atoms with Gasteiger partial charge in [-0.3, -0.25) is 9.59 Å². The van der Waals surface area contributed by atoms with E-state index in [1.807, 2.05) is 30.3 Å². The Morgan fingerprint density at radius 1 is 1.29 bits per heavy atom. The fourth-order valence-corrected chi connectivity index (χ4v) is 3.16. The maximum Gasteiger partial charge on any atom is 0.316 e. The normalized spacial score (nSPS) is 24.6. The highest BCUT2D eigenvalue weighted by molar-refractivity contribution is 5.79. The average Bonchev–Trinajstić information content (AvgIpc) is 2.83. The van der Waals surface area contributed by atoms with E-state index < -0.39 is 11.5 Å². The van der Waals surface area contributed by atoms with Gasteiger partial charge < -0.3 is 9.47 Å². The molecule has 0 aromatic heterocycles. The molecule has 1 aromatic carbocycles. The van der Waals surface area contributed by atoms with Crippen molar-refractivity contribution in [2.75, 3.05) is 6.61 Å². The monoisotopic (exact) mass is 290 g/mol. The van der Waals surface area contributed by atoms with E-state index >= 15 is 0 Å². The minimum atomic E-state index is -0.747. The Bertz CT molecular complexity index is 497. The van der Waals surface area contributed by atoms with E-state index in [0.717, 1.165) is 12.0 Å². The van der Waals surface area contributed by atoms with Crippen molar-refractivity contribution < 1.29 is 19.1 Å². The maximum atomic E-state index is 12.6. The van der Waals surface area contributed by atoms with Gasteiger partial charge in [0.2, 0.25) is 0 Å². The van der Waals surface area contributed by atoms with Crippen molar-refractivity contribution in [2.45, 2.75) is 45.6 Å². The summed E-state index contributed by atoms with van der Waals surface area (Å²) < 4.78 is 10.7. The molecule has 1 aliphatic rings. The average molecular weight is 290 g/mol. The molecule has 114 valence electrons. The van der Waals surface area contributed by atoms with Crippen LogP contribution < -0.4 is 0 Å². The van der Waals surface area contributed by atoms with Crippen LogP contribution in [0.5, 0.6) is 0 Å². The SMILES string of the molecule is CCOC(=O)C1(Cc2ccccc2)CCCC1OC(C)=O. The van der Waals surface area contributed by atoms with E-state index in [0.29, 0.717) is 25.9 Å². The molecule has 0 amide bonds. The Kier molecular flexibility index (Phi) is 4.99. The maximum absolute atomic E-state index is 12.6. The lowest BCUT2D eigenvalue weighted by Gasteiger charge is -2.32. The Hall–Kier alpha value is -1.84. The summed E-state index contributed by atoms with van der Waals surface area (Å²) in [5.41, 5.74) is 0.313. The van der Waals surface area contributed by atoms with E-state index in [1.165, 1.54) is 6.92 Å². The van der Waals surface area contributed by atoms with Crippen LogP contribution >= 0.6 is 0 Å². The van der Waals surface area contributed by atoms with Gasteiger partial charge in [-0.05, 0) is 38.2 Å². The van der Waals surface area contributed by atoms with Gasteiger partial charge in [0.05, 0.1) is 6.61 Å². The van der Waals surface area contributed by atoms with Crippen LogP contribution in [0.15, 0.2) is 30.3 Å². The zero-order chi connectivity index (χ0) is 15.3. The molecule has 0 bridgehead atoms. The third-order valence-electron chi connectivity index (χ3n) is 4.06. The lowest BCUT2D eigenvalue weighted by molar-refractivity contribution is -0.169. The third-order valence-corrected chi connectivity index (χ3v) is 4.06. The Morgan fingerprint density at radius 3 is 2.62 bits per heavy atom. The fraction of sp³-hybridized carbons (Fsp3) is 0.529. The van der Waals surface area contributed by atoms with Crippen LogP contribution in [0.3, 0.4) is 0 Å². The number of carbonyl (C=O) groups is 2. The lowest BCUT2D eigenvalue weighted by Crippen LogP contribution is -2.43. The summed E-state index contributed by atoms with van der Waals surface area (Å²) in [6.07, 6.45) is 2.42. The predicted molar refractivity (Wildman–Crippen MR) is 78.6 cm³/mol. The molecule has 0 spiro atoms. The molecule has 21 heavy (non-hydrogen) atoms. The van der Waals surface area contributed by atoms with Crippen LogP contribution in [0.1, 0.15) is 38.7 Å². The summed E-state index contributed by atoms with van der Waals surface area (Å²) >= 11 is 0. The minimum Gasteiger partial charge on any atom is -0.465 e. The number of rotatable bonds is 5. The van der Waals surface area contributed by atoms with Crippen molar-refractivity contribution in [1.29, 1.82) is 0 Å². The second kappa shape index (κ2) is 6.74. The summed E-state index contributed by atoms with van der Waals surface area (Å²) in [6.45, 7) is 3.52. The van der Waals surface area contributed by atoms with E-state index in [4.69, 9.17) is 9.47 Å². The van der Waals surface area contributed by atoms with Crippen molar-refractivity contribution in [3.8, 4) is 0 Å². The fourth-order valence-electron chi connectivity index (χ4n) is 3.16. The van der Waals surface area contributed by atoms with Crippen LogP contribution in [-0.4, -0.2) is 24.6 Å². The number of carbonyl (C=O) groups excluding carboxylic acids is 2. The van der Waals surface area contributed by atoms with Crippen molar-refractivity contribution in [3.63, 3.8) is 0 Å². The summed E-state index contributed by atoms with van der Waals surface area (Å²) in [7, 11) is 0. The van der Waals surface area contributed by atoms with E-state index in [1.54, 1.807) is 6.92 Å². The standard InChI is InChI=1S/C17H22O4/c1-3-20-16(19)17(12-14-8-5-4-6-9-14)11-7-10-15(17)21-13(2)18/h4-6,8-9,15H,3,7,10-12H2,1-2H3. The molecule has 4 nitrogen and oxygen atoms in total. The van der Waals surface area contributed by atoms with Gasteiger partial charge in [0.25, 0.3) is 0 Å². The molecular formula is C17H22O4. The first-order chi connectivity index (χ1) is 10.1. The zero-order valence-electron chi connectivity index (χ0n) is 12.6. The van der Waals surface area contributed by atoms with Crippen LogP contribution in [0, 0.1) is 5.41 Å². The van der Waals surface area contributed by atoms with Crippen LogP contribution in [0.4, 0.5) is 0 Å². The second-order valence-corrected chi connectivity index (χ2v) is 5.53. The molecule has 1 fully saturated rings. The molecule has 0 saturated heterocycles. The largest absolute Gasteiger partial charge is 0.465 e.